The Labute approximate surface area is 291 Å². The van der Waals surface area contributed by atoms with Crippen molar-refractivity contribution >= 4 is 11.9 Å². The molecule has 4 rings (SSSR count). The molecule has 3 aromatic rings. The number of unbranched alkanes of at least 4 members (excludes halogenated alkanes) is 3. The first kappa shape index (κ1) is 37.7. The maximum absolute atomic E-state index is 14.0. The molecule has 0 atom stereocenters. The number of ether oxygens (including phenoxy) is 5. The SMILES string of the molecule is CCOC(=O)CCCOc1cccc(CCCCCCOc2cc(OCC3CCCC3)cc(-c3cccc(F)c3)c2)c1CCC(=O)OCC. The quantitative estimate of drug-likeness (QED) is 0.0775. The number of rotatable bonds is 22. The Balaban J connectivity index is 1.28. The summed E-state index contributed by atoms with van der Waals surface area (Å²) in [5.41, 5.74) is 3.87. The minimum absolute atomic E-state index is 0.223. The molecule has 0 N–H and O–H groups in total. The number of benzene rings is 3. The van der Waals surface area contributed by atoms with Gasteiger partial charge in [-0.15, -0.1) is 0 Å². The highest BCUT2D eigenvalue weighted by Gasteiger charge is 2.17. The van der Waals surface area contributed by atoms with Crippen molar-refractivity contribution in [1.29, 1.82) is 0 Å². The van der Waals surface area contributed by atoms with Crippen LogP contribution in [0.25, 0.3) is 11.1 Å². The first-order valence-electron chi connectivity index (χ1n) is 18.2. The summed E-state index contributed by atoms with van der Waals surface area (Å²) in [6.07, 6.45) is 11.5. The van der Waals surface area contributed by atoms with Crippen LogP contribution in [0.1, 0.15) is 95.6 Å². The largest absolute Gasteiger partial charge is 0.493 e. The lowest BCUT2D eigenvalue weighted by Gasteiger charge is -2.16. The van der Waals surface area contributed by atoms with E-state index < -0.39 is 0 Å². The lowest BCUT2D eigenvalue weighted by molar-refractivity contribution is -0.144. The fourth-order valence-corrected chi connectivity index (χ4v) is 6.28. The fourth-order valence-electron chi connectivity index (χ4n) is 6.28. The topological polar surface area (TPSA) is 80.3 Å². The van der Waals surface area contributed by atoms with Crippen LogP contribution in [0, 0.1) is 11.7 Å². The van der Waals surface area contributed by atoms with Gasteiger partial charge in [-0.3, -0.25) is 9.59 Å². The van der Waals surface area contributed by atoms with Gasteiger partial charge in [0.05, 0.1) is 33.0 Å². The van der Waals surface area contributed by atoms with Gasteiger partial charge in [-0.25, -0.2) is 4.39 Å². The van der Waals surface area contributed by atoms with Gasteiger partial charge in [-0.1, -0.05) is 49.9 Å². The molecular weight excluding hydrogens is 623 g/mol. The molecule has 0 radical (unpaired) electrons. The van der Waals surface area contributed by atoms with Crippen molar-refractivity contribution in [2.24, 2.45) is 5.92 Å². The molecule has 1 aliphatic rings. The van der Waals surface area contributed by atoms with Crippen molar-refractivity contribution < 1.29 is 37.7 Å². The van der Waals surface area contributed by atoms with Crippen molar-refractivity contribution in [3.8, 4) is 28.4 Å². The molecule has 0 aromatic heterocycles. The summed E-state index contributed by atoms with van der Waals surface area (Å²) in [5, 5.41) is 0. The van der Waals surface area contributed by atoms with Crippen molar-refractivity contribution in [2.45, 2.75) is 97.3 Å². The molecule has 0 bridgehead atoms. The number of esters is 2. The van der Waals surface area contributed by atoms with Gasteiger partial charge in [0.2, 0.25) is 0 Å². The molecule has 7 nitrogen and oxygen atoms in total. The molecular formula is C41H53FO7. The molecule has 3 aromatic carbocycles. The monoisotopic (exact) mass is 676 g/mol. The lowest BCUT2D eigenvalue weighted by atomic mass is 9.96. The Morgan fingerprint density at radius 3 is 2.14 bits per heavy atom. The van der Waals surface area contributed by atoms with Crippen LogP contribution in [0.15, 0.2) is 60.7 Å². The average Bonchev–Trinajstić information content (AvgIpc) is 3.62. The standard InChI is InChI=1S/C41H53FO7/c1-3-45-40(43)21-13-25-48-39-20-12-17-32(38(39)22-23-41(44)46-4-2)16-7-5-6-10-24-47-36-27-34(33-18-11-19-35(42)26-33)28-37(29-36)49-30-31-14-8-9-15-31/h11-12,17-20,26-29,31H,3-10,13-16,21-25,30H2,1-2H3. The molecule has 0 aliphatic heterocycles. The first-order chi connectivity index (χ1) is 23.9. The first-order valence-corrected chi connectivity index (χ1v) is 18.2. The van der Waals surface area contributed by atoms with E-state index in [2.05, 4.69) is 6.07 Å². The highest BCUT2D eigenvalue weighted by molar-refractivity contribution is 5.70. The van der Waals surface area contributed by atoms with Crippen molar-refractivity contribution in [2.75, 3.05) is 33.0 Å². The van der Waals surface area contributed by atoms with Gasteiger partial charge in [0.15, 0.2) is 0 Å². The zero-order valence-electron chi connectivity index (χ0n) is 29.3. The second-order valence-electron chi connectivity index (χ2n) is 12.6. The van der Waals surface area contributed by atoms with Gasteiger partial charge in [0.25, 0.3) is 0 Å². The second-order valence-corrected chi connectivity index (χ2v) is 12.6. The highest BCUT2D eigenvalue weighted by Crippen LogP contribution is 2.32. The highest BCUT2D eigenvalue weighted by atomic mass is 19.1. The molecule has 266 valence electrons. The molecule has 0 heterocycles. The summed E-state index contributed by atoms with van der Waals surface area (Å²) >= 11 is 0. The van der Waals surface area contributed by atoms with Crippen molar-refractivity contribution in [1.82, 2.24) is 0 Å². The van der Waals surface area contributed by atoms with E-state index in [1.807, 2.05) is 43.3 Å². The van der Waals surface area contributed by atoms with Crippen molar-refractivity contribution in [3.05, 3.63) is 77.6 Å². The van der Waals surface area contributed by atoms with Gasteiger partial charge in [-0.05, 0) is 117 Å². The molecule has 0 saturated heterocycles. The molecule has 1 fully saturated rings. The number of hydrogen-bond acceptors (Lipinski definition) is 7. The predicted octanol–water partition coefficient (Wildman–Crippen LogP) is 9.46. The zero-order chi connectivity index (χ0) is 34.7. The molecule has 49 heavy (non-hydrogen) atoms. The molecule has 8 heteroatoms. The van der Waals surface area contributed by atoms with E-state index in [0.29, 0.717) is 58.2 Å². The molecule has 1 aliphatic carbocycles. The van der Waals surface area contributed by atoms with E-state index in [0.717, 1.165) is 66.0 Å². The smallest absolute Gasteiger partial charge is 0.306 e. The van der Waals surface area contributed by atoms with E-state index in [-0.39, 0.29) is 24.2 Å². The minimum atomic E-state index is -0.270. The number of carbonyl (C=O) groups excluding carboxylic acids is 2. The van der Waals surface area contributed by atoms with Gasteiger partial charge in [0, 0.05) is 18.9 Å². The van der Waals surface area contributed by atoms with E-state index in [4.69, 9.17) is 23.7 Å². The van der Waals surface area contributed by atoms with Gasteiger partial charge < -0.3 is 23.7 Å². The van der Waals surface area contributed by atoms with E-state index in [1.54, 1.807) is 13.0 Å². The number of hydrogen-bond donors (Lipinski definition) is 0. The summed E-state index contributed by atoms with van der Waals surface area (Å²) in [6.45, 7) is 6.00. The normalized spacial score (nSPS) is 12.9. The Bertz CT molecular complexity index is 1450. The van der Waals surface area contributed by atoms with Crippen LogP contribution in [-0.4, -0.2) is 45.0 Å². The second kappa shape index (κ2) is 21.1. The minimum Gasteiger partial charge on any atom is -0.493 e. The van der Waals surface area contributed by atoms with Crippen LogP contribution in [0.4, 0.5) is 4.39 Å². The molecule has 0 amide bonds. The van der Waals surface area contributed by atoms with Crippen LogP contribution in [0.5, 0.6) is 17.2 Å². The van der Waals surface area contributed by atoms with Crippen molar-refractivity contribution in [3.63, 3.8) is 0 Å². The van der Waals surface area contributed by atoms with Gasteiger partial charge in [0.1, 0.15) is 23.1 Å². The summed E-state index contributed by atoms with van der Waals surface area (Å²) in [5.74, 6) is 2.12. The summed E-state index contributed by atoms with van der Waals surface area (Å²) in [7, 11) is 0. The molecule has 1 saturated carbocycles. The fraction of sp³-hybridized carbons (Fsp3) is 0.512. The summed E-state index contributed by atoms with van der Waals surface area (Å²) < 4.78 is 42.7. The van der Waals surface area contributed by atoms with Gasteiger partial charge >= 0.3 is 11.9 Å². The zero-order valence-corrected chi connectivity index (χ0v) is 29.3. The lowest BCUT2D eigenvalue weighted by Crippen LogP contribution is -2.10. The third-order valence-corrected chi connectivity index (χ3v) is 8.81. The predicted molar refractivity (Wildman–Crippen MR) is 190 cm³/mol. The summed E-state index contributed by atoms with van der Waals surface area (Å²) in [4.78, 5) is 23.9. The van der Waals surface area contributed by atoms with E-state index in [1.165, 1.54) is 43.4 Å². The maximum atomic E-state index is 14.0. The van der Waals surface area contributed by atoms with Crippen LogP contribution in [-0.2, 0) is 31.9 Å². The van der Waals surface area contributed by atoms with Crippen LogP contribution in [0.3, 0.4) is 0 Å². The number of carbonyl (C=O) groups is 2. The Hall–Kier alpha value is -4.07. The third kappa shape index (κ3) is 13.4. The maximum Gasteiger partial charge on any atom is 0.306 e. The van der Waals surface area contributed by atoms with Gasteiger partial charge in [-0.2, -0.15) is 0 Å². The Kier molecular flexibility index (Phi) is 16.3. The van der Waals surface area contributed by atoms with E-state index in [9.17, 15) is 14.0 Å². The molecule has 0 unspecified atom stereocenters. The molecule has 0 spiro atoms. The van der Waals surface area contributed by atoms with Crippen LogP contribution in [0.2, 0.25) is 0 Å². The number of aryl methyl sites for hydroxylation is 1. The Morgan fingerprint density at radius 2 is 1.39 bits per heavy atom. The Morgan fingerprint density at radius 1 is 0.694 bits per heavy atom. The average molecular weight is 677 g/mol. The van der Waals surface area contributed by atoms with E-state index >= 15 is 0 Å². The number of halogens is 1. The summed E-state index contributed by atoms with van der Waals surface area (Å²) in [6, 6.07) is 18.5. The third-order valence-electron chi connectivity index (χ3n) is 8.81. The van der Waals surface area contributed by atoms with Crippen LogP contribution >= 0.6 is 0 Å². The van der Waals surface area contributed by atoms with Crippen LogP contribution < -0.4 is 14.2 Å².